The molecule has 19 heteroatoms. The zero-order valence-corrected chi connectivity index (χ0v) is 24.0. The van der Waals surface area contributed by atoms with Crippen molar-refractivity contribution < 1.29 is 24.3 Å². The van der Waals surface area contributed by atoms with Gasteiger partial charge in [-0.3, -0.25) is 14.5 Å². The van der Waals surface area contributed by atoms with Crippen LogP contribution in [-0.2, 0) is 25.8 Å². The van der Waals surface area contributed by atoms with E-state index in [-0.39, 0.29) is 34.2 Å². The van der Waals surface area contributed by atoms with Crippen molar-refractivity contribution in [2.45, 2.75) is 54.9 Å². The van der Waals surface area contributed by atoms with E-state index in [2.05, 4.69) is 35.4 Å². The summed E-state index contributed by atoms with van der Waals surface area (Å²) in [4.78, 5) is 49.5. The molecular formula is C22H27N11O5S3. The molecule has 0 aromatic carbocycles. The summed E-state index contributed by atoms with van der Waals surface area (Å²) in [5, 5.41) is 28.3. The lowest BCUT2D eigenvalue weighted by Gasteiger charge is -2.49. The van der Waals surface area contributed by atoms with Crippen LogP contribution in [0.25, 0.3) is 0 Å². The Balaban J connectivity index is 1.28. The number of hydrogen-bond acceptors (Lipinski definition) is 15. The first-order valence-electron chi connectivity index (χ1n) is 12.7. The molecule has 2 aliphatic heterocycles. The number of aryl methyl sites for hydroxylation is 1. The minimum absolute atomic E-state index is 0.0241. The van der Waals surface area contributed by atoms with Crippen LogP contribution in [0, 0.1) is 0 Å². The number of carboxylic acid groups (broad SMARTS) is 1. The topological polar surface area (TPSA) is 230 Å². The van der Waals surface area contributed by atoms with Crippen molar-refractivity contribution in [3.63, 3.8) is 0 Å². The Labute approximate surface area is 246 Å². The van der Waals surface area contributed by atoms with Crippen LogP contribution < -0.4 is 16.8 Å². The molecule has 1 aliphatic carbocycles. The van der Waals surface area contributed by atoms with Crippen molar-refractivity contribution in [2.75, 3.05) is 23.8 Å². The number of oxime groups is 1. The summed E-state index contributed by atoms with van der Waals surface area (Å²) in [6.45, 7) is 1.02. The maximum atomic E-state index is 13.3. The number of carbonyl (C=O) groups is 3. The number of fused-ring (bicyclic) bond motifs is 1. The van der Waals surface area contributed by atoms with Crippen molar-refractivity contribution in [1.82, 2.24) is 39.8 Å². The van der Waals surface area contributed by atoms with E-state index in [0.29, 0.717) is 36.0 Å². The highest BCUT2D eigenvalue weighted by molar-refractivity contribution is 8.01. The molecule has 0 spiro atoms. The number of nitrogens with zero attached hydrogens (tertiary/aromatic N) is 8. The molecule has 3 unspecified atom stereocenters. The Hall–Kier alpha value is -3.55. The highest BCUT2D eigenvalue weighted by atomic mass is 32.2. The zero-order valence-electron chi connectivity index (χ0n) is 21.6. The molecule has 0 saturated carbocycles. The van der Waals surface area contributed by atoms with Gasteiger partial charge >= 0.3 is 5.97 Å². The molecule has 1 saturated heterocycles. The summed E-state index contributed by atoms with van der Waals surface area (Å²) in [6.07, 6.45) is 6.85. The number of rotatable bonds is 12. The van der Waals surface area contributed by atoms with Crippen LogP contribution in [-0.4, -0.2) is 98.6 Å². The van der Waals surface area contributed by atoms with Gasteiger partial charge < -0.3 is 26.7 Å². The molecule has 5 rings (SSSR count). The molecule has 2 aromatic rings. The van der Waals surface area contributed by atoms with E-state index in [1.165, 1.54) is 28.4 Å². The predicted octanol–water partition coefficient (Wildman–Crippen LogP) is -0.184. The maximum absolute atomic E-state index is 13.3. The van der Waals surface area contributed by atoms with Crippen LogP contribution >= 0.6 is 35.1 Å². The van der Waals surface area contributed by atoms with Gasteiger partial charge in [0, 0.05) is 29.6 Å². The average molecular weight is 622 g/mol. The smallest absolute Gasteiger partial charge is 0.352 e. The van der Waals surface area contributed by atoms with E-state index < -0.39 is 29.2 Å². The molecule has 1 fully saturated rings. The molecule has 2 amide bonds. The number of allylic oxidation sites excluding steroid dienone is 1. The Kier molecular flexibility index (Phi) is 9.15. The largest absolute Gasteiger partial charge is 0.477 e. The summed E-state index contributed by atoms with van der Waals surface area (Å²) < 4.78 is 5.67. The second-order valence-electron chi connectivity index (χ2n) is 9.13. The second kappa shape index (κ2) is 13.0. The minimum Gasteiger partial charge on any atom is -0.477 e. The molecule has 41 heavy (non-hydrogen) atoms. The fraction of sp³-hybridized carbons (Fsp3) is 0.500. The maximum Gasteiger partial charge on any atom is 0.352 e. The first-order chi connectivity index (χ1) is 19.9. The number of amides is 2. The van der Waals surface area contributed by atoms with Gasteiger partial charge in [0.25, 0.3) is 11.8 Å². The van der Waals surface area contributed by atoms with Crippen molar-refractivity contribution >= 4 is 63.7 Å². The Morgan fingerprint density at radius 3 is 2.93 bits per heavy atom. The van der Waals surface area contributed by atoms with E-state index in [1.54, 1.807) is 4.68 Å². The molecule has 0 bridgehead atoms. The van der Waals surface area contributed by atoms with Crippen molar-refractivity contribution in [3.8, 4) is 0 Å². The molecule has 218 valence electrons. The lowest BCUT2D eigenvalue weighted by atomic mass is 10.0. The van der Waals surface area contributed by atoms with Crippen LogP contribution in [0.4, 0.5) is 5.13 Å². The lowest BCUT2D eigenvalue weighted by Crippen LogP contribution is -2.71. The number of nitrogen functional groups attached to an aromatic ring is 1. The monoisotopic (exact) mass is 621 g/mol. The van der Waals surface area contributed by atoms with Crippen LogP contribution in [0.5, 0.6) is 0 Å². The van der Waals surface area contributed by atoms with Crippen molar-refractivity contribution in [2.24, 2.45) is 10.9 Å². The molecule has 2 aromatic heterocycles. The number of anilines is 1. The molecule has 0 radical (unpaired) electrons. The van der Waals surface area contributed by atoms with Crippen LogP contribution in [0.1, 0.15) is 31.5 Å². The normalized spacial score (nSPS) is 22.4. The predicted molar refractivity (Wildman–Crippen MR) is 151 cm³/mol. The van der Waals surface area contributed by atoms with E-state index in [1.807, 2.05) is 12.2 Å². The SMILES string of the molecule is NCCCn1nnnc1SCC1=C(C(=O)O)N2C(=O)C(NC(=O)/C(=N/OC3C=CCCC3)c3nsc(N)n3)C2SC1. The number of thioether (sulfide) groups is 2. The molecular weight excluding hydrogens is 595 g/mol. The first-order valence-corrected chi connectivity index (χ1v) is 15.5. The van der Waals surface area contributed by atoms with E-state index in [4.69, 9.17) is 16.3 Å². The highest BCUT2D eigenvalue weighted by Crippen LogP contribution is 2.41. The van der Waals surface area contributed by atoms with Crippen LogP contribution in [0.3, 0.4) is 0 Å². The van der Waals surface area contributed by atoms with Gasteiger partial charge in [0.15, 0.2) is 5.13 Å². The minimum atomic E-state index is -1.23. The second-order valence-corrected chi connectivity index (χ2v) is 12.0. The highest BCUT2D eigenvalue weighted by Gasteiger charge is 2.54. The Morgan fingerprint density at radius 1 is 1.37 bits per heavy atom. The number of tetrazole rings is 1. The number of nitrogens with two attached hydrogens (primary N) is 2. The standard InChI is InChI=1S/C22H27N11O5S3/c23-7-4-8-32-22(27-30-31-32)40-10-11-9-39-19-14(18(35)33(19)15(11)20(36)37)25-17(34)13(16-26-21(24)41-29-16)28-38-12-5-2-1-3-6-12/h2,5,12,14,19H,1,3-4,6-10,23H2,(H,25,34)(H,36,37)(H2,24,26,29)/b28-13+. The lowest BCUT2D eigenvalue weighted by molar-refractivity contribution is -0.150. The quantitative estimate of drug-likeness (QED) is 0.0792. The number of carboxylic acids is 1. The van der Waals surface area contributed by atoms with Crippen molar-refractivity contribution in [3.05, 3.63) is 29.2 Å². The average Bonchev–Trinajstić information content (AvgIpc) is 3.62. The Bertz CT molecular complexity index is 1410. The number of aliphatic carboxylic acids is 1. The summed E-state index contributed by atoms with van der Waals surface area (Å²) in [7, 11) is 0. The van der Waals surface area contributed by atoms with Crippen LogP contribution in [0.15, 0.2) is 33.7 Å². The third-order valence-corrected chi connectivity index (χ3v) is 9.27. The zero-order chi connectivity index (χ0) is 28.9. The van der Waals surface area contributed by atoms with Gasteiger partial charge in [-0.05, 0) is 54.3 Å². The van der Waals surface area contributed by atoms with Gasteiger partial charge in [-0.1, -0.05) is 23.0 Å². The van der Waals surface area contributed by atoms with Gasteiger partial charge in [0.2, 0.25) is 16.7 Å². The van der Waals surface area contributed by atoms with Gasteiger partial charge in [0.05, 0.1) is 0 Å². The van der Waals surface area contributed by atoms with E-state index in [9.17, 15) is 19.5 Å². The molecule has 16 nitrogen and oxygen atoms in total. The number of β-lactam (4-membered cyclic amide) rings is 1. The third-order valence-electron chi connectivity index (χ3n) is 6.34. The number of aromatic nitrogens is 6. The molecule has 6 N–H and O–H groups in total. The first kappa shape index (κ1) is 29.0. The summed E-state index contributed by atoms with van der Waals surface area (Å²) in [6, 6.07) is -0.977. The van der Waals surface area contributed by atoms with E-state index >= 15 is 0 Å². The molecule has 3 atom stereocenters. The van der Waals surface area contributed by atoms with Crippen LogP contribution in [0.2, 0.25) is 0 Å². The fourth-order valence-corrected chi connectivity index (χ4v) is 7.16. The summed E-state index contributed by atoms with van der Waals surface area (Å²) in [5.74, 6) is -1.93. The Morgan fingerprint density at radius 2 is 2.22 bits per heavy atom. The van der Waals surface area contributed by atoms with Crippen molar-refractivity contribution in [1.29, 1.82) is 0 Å². The number of carbonyl (C=O) groups excluding carboxylic acids is 2. The fourth-order valence-electron chi connectivity index (χ4n) is 4.34. The van der Waals surface area contributed by atoms with E-state index in [0.717, 1.165) is 30.8 Å². The third kappa shape index (κ3) is 6.36. The molecule has 3 aliphatic rings. The van der Waals surface area contributed by atoms with Gasteiger partial charge in [-0.15, -0.1) is 16.9 Å². The number of nitrogens with one attached hydrogen (secondary N) is 1. The summed E-state index contributed by atoms with van der Waals surface area (Å²) in [5.41, 5.74) is 11.5. The number of hydrogen-bond donors (Lipinski definition) is 4. The molecule has 4 heterocycles. The van der Waals surface area contributed by atoms with Gasteiger partial charge in [-0.2, -0.15) is 9.36 Å². The van der Waals surface area contributed by atoms with Gasteiger partial charge in [-0.25, -0.2) is 9.48 Å². The summed E-state index contributed by atoms with van der Waals surface area (Å²) >= 11 is 3.52. The van der Waals surface area contributed by atoms with Gasteiger partial charge in [0.1, 0.15) is 23.2 Å².